The molecular weight excluding hydrogens is 353 g/mol. The molecule has 3 N–H and O–H groups in total. The molecule has 5 heteroatoms. The quantitative estimate of drug-likeness (QED) is 0.279. The van der Waals surface area contributed by atoms with Gasteiger partial charge in [-0.3, -0.25) is 4.99 Å². The van der Waals surface area contributed by atoms with Gasteiger partial charge in [-0.2, -0.15) is 0 Å². The summed E-state index contributed by atoms with van der Waals surface area (Å²) in [6.07, 6.45) is 7.82. The van der Waals surface area contributed by atoms with E-state index in [4.69, 9.17) is 10.5 Å². The van der Waals surface area contributed by atoms with Crippen molar-refractivity contribution in [2.24, 2.45) is 16.1 Å². The van der Waals surface area contributed by atoms with Crippen LogP contribution >= 0.6 is 24.0 Å². The van der Waals surface area contributed by atoms with Crippen molar-refractivity contribution in [1.82, 2.24) is 5.32 Å². The first-order valence-corrected chi connectivity index (χ1v) is 7.28. The standard InChI is InChI=1S/C14H29N3O.HI/c1-3-4-5-6-7-8-9-16-13(15)17-10-14(2)11-18-12-14;/h3-12H2,1-2H3,(H3,15,16,17);1H. The van der Waals surface area contributed by atoms with Gasteiger partial charge in [0.2, 0.25) is 0 Å². The summed E-state index contributed by atoms with van der Waals surface area (Å²) in [6, 6.07) is 0. The van der Waals surface area contributed by atoms with Gasteiger partial charge in [-0.25, -0.2) is 0 Å². The van der Waals surface area contributed by atoms with E-state index in [0.717, 1.165) is 26.3 Å². The molecule has 1 heterocycles. The summed E-state index contributed by atoms with van der Waals surface area (Å²) >= 11 is 0. The maximum Gasteiger partial charge on any atom is 0.188 e. The van der Waals surface area contributed by atoms with Crippen LogP contribution in [0.15, 0.2) is 4.99 Å². The van der Waals surface area contributed by atoms with E-state index in [1.165, 1.54) is 38.5 Å². The Kier molecular flexibility index (Phi) is 10.7. The highest BCUT2D eigenvalue weighted by Crippen LogP contribution is 2.26. The molecule has 114 valence electrons. The number of halogens is 1. The molecule has 0 unspecified atom stereocenters. The minimum Gasteiger partial charge on any atom is -0.380 e. The molecule has 0 bridgehead atoms. The van der Waals surface area contributed by atoms with E-state index in [1.54, 1.807) is 0 Å². The number of nitrogens with zero attached hydrogens (tertiary/aromatic N) is 1. The highest BCUT2D eigenvalue weighted by atomic mass is 127. The van der Waals surface area contributed by atoms with Crippen LogP contribution in [0.3, 0.4) is 0 Å². The predicted molar refractivity (Wildman–Crippen MR) is 92.2 cm³/mol. The van der Waals surface area contributed by atoms with Gasteiger partial charge in [0.1, 0.15) is 0 Å². The molecule has 0 amide bonds. The topological polar surface area (TPSA) is 59.6 Å². The molecule has 0 aromatic carbocycles. The number of aliphatic imine (C=N–C) groups is 1. The molecule has 1 aliphatic heterocycles. The summed E-state index contributed by atoms with van der Waals surface area (Å²) in [5.74, 6) is 0.580. The summed E-state index contributed by atoms with van der Waals surface area (Å²) in [5.41, 5.74) is 6.03. The van der Waals surface area contributed by atoms with Gasteiger partial charge < -0.3 is 15.8 Å². The van der Waals surface area contributed by atoms with Gasteiger partial charge in [-0.1, -0.05) is 46.0 Å². The third-order valence-electron chi connectivity index (χ3n) is 3.37. The second kappa shape index (κ2) is 10.7. The summed E-state index contributed by atoms with van der Waals surface area (Å²) in [7, 11) is 0. The maximum absolute atomic E-state index is 5.82. The van der Waals surface area contributed by atoms with Gasteiger partial charge in [0.15, 0.2) is 5.96 Å². The van der Waals surface area contributed by atoms with Crippen molar-refractivity contribution in [3.63, 3.8) is 0 Å². The monoisotopic (exact) mass is 383 g/mol. The Hall–Kier alpha value is -0.0400. The van der Waals surface area contributed by atoms with Crippen LogP contribution in [0.2, 0.25) is 0 Å². The fourth-order valence-corrected chi connectivity index (χ4v) is 2.00. The van der Waals surface area contributed by atoms with E-state index in [9.17, 15) is 0 Å². The zero-order valence-corrected chi connectivity index (χ0v) is 14.7. The summed E-state index contributed by atoms with van der Waals surface area (Å²) in [5, 5.41) is 3.18. The van der Waals surface area contributed by atoms with Crippen LogP contribution in [0.25, 0.3) is 0 Å². The third-order valence-corrected chi connectivity index (χ3v) is 3.37. The summed E-state index contributed by atoms with van der Waals surface area (Å²) in [4.78, 5) is 4.37. The molecule has 0 radical (unpaired) electrons. The van der Waals surface area contributed by atoms with Crippen molar-refractivity contribution in [1.29, 1.82) is 0 Å². The molecule has 1 rings (SSSR count). The minimum atomic E-state index is 0. The molecule has 0 aromatic heterocycles. The van der Waals surface area contributed by atoms with E-state index in [-0.39, 0.29) is 29.4 Å². The van der Waals surface area contributed by atoms with Crippen LogP contribution in [0.4, 0.5) is 0 Å². The third kappa shape index (κ3) is 8.68. The zero-order chi connectivity index (χ0) is 13.3. The lowest BCUT2D eigenvalue weighted by Gasteiger charge is -2.36. The van der Waals surface area contributed by atoms with Gasteiger partial charge in [-0.05, 0) is 6.42 Å². The number of unbranched alkanes of at least 4 members (excludes halogenated alkanes) is 5. The molecule has 0 spiro atoms. The smallest absolute Gasteiger partial charge is 0.188 e. The second-order valence-corrected chi connectivity index (χ2v) is 5.70. The SMILES string of the molecule is CCCCCCCCNC(N)=NCC1(C)COC1.I. The summed E-state index contributed by atoms with van der Waals surface area (Å²) in [6.45, 7) is 7.74. The molecule has 19 heavy (non-hydrogen) atoms. The van der Waals surface area contributed by atoms with Gasteiger partial charge in [0, 0.05) is 12.0 Å². The molecule has 1 fully saturated rings. The highest BCUT2D eigenvalue weighted by molar-refractivity contribution is 14.0. The van der Waals surface area contributed by atoms with Crippen LogP contribution in [0, 0.1) is 5.41 Å². The molecular formula is C14H30IN3O. The van der Waals surface area contributed by atoms with Crippen LogP contribution < -0.4 is 11.1 Å². The number of guanidine groups is 1. The number of hydrogen-bond acceptors (Lipinski definition) is 2. The Morgan fingerprint density at radius 2 is 1.84 bits per heavy atom. The molecule has 1 aliphatic rings. The molecule has 0 saturated carbocycles. The molecule has 0 atom stereocenters. The van der Waals surface area contributed by atoms with Crippen molar-refractivity contribution in [3.05, 3.63) is 0 Å². The van der Waals surface area contributed by atoms with Crippen molar-refractivity contribution < 1.29 is 4.74 Å². The first kappa shape index (κ1) is 19.0. The van der Waals surface area contributed by atoms with Crippen molar-refractivity contribution in [2.45, 2.75) is 52.4 Å². The van der Waals surface area contributed by atoms with Crippen LogP contribution in [0.1, 0.15) is 52.4 Å². The van der Waals surface area contributed by atoms with E-state index < -0.39 is 0 Å². The van der Waals surface area contributed by atoms with Gasteiger partial charge in [0.05, 0.1) is 19.8 Å². The van der Waals surface area contributed by atoms with Gasteiger partial charge >= 0.3 is 0 Å². The number of nitrogens with two attached hydrogens (primary N) is 1. The predicted octanol–water partition coefficient (Wildman–Crippen LogP) is 2.91. The zero-order valence-electron chi connectivity index (χ0n) is 12.4. The minimum absolute atomic E-state index is 0. The fourth-order valence-electron chi connectivity index (χ4n) is 2.00. The normalized spacial score (nSPS) is 17.5. The van der Waals surface area contributed by atoms with Crippen molar-refractivity contribution >= 4 is 29.9 Å². The van der Waals surface area contributed by atoms with Crippen LogP contribution in [-0.4, -0.2) is 32.3 Å². The van der Waals surface area contributed by atoms with Crippen molar-refractivity contribution in [2.75, 3.05) is 26.3 Å². The van der Waals surface area contributed by atoms with Crippen LogP contribution in [-0.2, 0) is 4.74 Å². The maximum atomic E-state index is 5.82. The fraction of sp³-hybridized carbons (Fsp3) is 0.929. The Balaban J connectivity index is 0.00000324. The van der Waals surface area contributed by atoms with E-state index >= 15 is 0 Å². The van der Waals surface area contributed by atoms with E-state index in [0.29, 0.717) is 5.96 Å². The van der Waals surface area contributed by atoms with Crippen molar-refractivity contribution in [3.8, 4) is 0 Å². The number of ether oxygens (including phenoxy) is 1. The van der Waals surface area contributed by atoms with Gasteiger partial charge in [-0.15, -0.1) is 24.0 Å². The Labute approximate surface area is 135 Å². The van der Waals surface area contributed by atoms with E-state index in [1.807, 2.05) is 0 Å². The lowest BCUT2D eigenvalue weighted by molar-refractivity contribution is -0.0945. The molecule has 0 aromatic rings. The second-order valence-electron chi connectivity index (χ2n) is 5.70. The Morgan fingerprint density at radius 1 is 1.21 bits per heavy atom. The average molecular weight is 383 g/mol. The van der Waals surface area contributed by atoms with Crippen LogP contribution in [0.5, 0.6) is 0 Å². The van der Waals surface area contributed by atoms with E-state index in [2.05, 4.69) is 24.2 Å². The Morgan fingerprint density at radius 3 is 2.42 bits per heavy atom. The first-order chi connectivity index (χ1) is 8.66. The Bertz CT molecular complexity index is 255. The lowest BCUT2D eigenvalue weighted by Crippen LogP contribution is -2.43. The molecule has 1 saturated heterocycles. The number of nitrogens with one attached hydrogen (secondary N) is 1. The lowest BCUT2D eigenvalue weighted by atomic mass is 9.89. The number of rotatable bonds is 9. The summed E-state index contributed by atoms with van der Waals surface area (Å²) < 4.78 is 5.18. The largest absolute Gasteiger partial charge is 0.380 e. The molecule has 4 nitrogen and oxygen atoms in total. The highest BCUT2D eigenvalue weighted by Gasteiger charge is 2.32. The average Bonchev–Trinajstić information content (AvgIpc) is 2.33. The first-order valence-electron chi connectivity index (χ1n) is 7.28. The van der Waals surface area contributed by atoms with Gasteiger partial charge in [0.25, 0.3) is 0 Å². The number of hydrogen-bond donors (Lipinski definition) is 2. The molecule has 0 aliphatic carbocycles.